The molecule has 2 aromatic rings. The highest BCUT2D eigenvalue weighted by atomic mass is 32.2. The summed E-state index contributed by atoms with van der Waals surface area (Å²) in [5, 5.41) is 5.37. The predicted octanol–water partition coefficient (Wildman–Crippen LogP) is 6.28. The van der Waals surface area contributed by atoms with Crippen LogP contribution < -0.4 is 0 Å². The van der Waals surface area contributed by atoms with Crippen molar-refractivity contribution >= 4 is 23.7 Å². The molecule has 6 nitrogen and oxygen atoms in total. The summed E-state index contributed by atoms with van der Waals surface area (Å²) in [5.74, 6) is 0.512. The molecule has 0 spiro atoms. The van der Waals surface area contributed by atoms with Gasteiger partial charge in [-0.05, 0) is 50.8 Å². The van der Waals surface area contributed by atoms with Gasteiger partial charge in [-0.2, -0.15) is 5.10 Å². The quantitative estimate of drug-likeness (QED) is 0.266. The smallest absolute Gasteiger partial charge is 0.338 e. The van der Waals surface area contributed by atoms with Crippen LogP contribution in [0.3, 0.4) is 0 Å². The van der Waals surface area contributed by atoms with Gasteiger partial charge in [0.15, 0.2) is 0 Å². The van der Waals surface area contributed by atoms with Gasteiger partial charge >= 0.3 is 11.9 Å². The number of carbonyl (C=O) groups excluding carboxylic acids is 2. The van der Waals surface area contributed by atoms with Crippen LogP contribution in [0.4, 0.5) is 0 Å². The summed E-state index contributed by atoms with van der Waals surface area (Å²) in [5.41, 5.74) is 1.76. The Morgan fingerprint density at radius 2 is 1.97 bits per heavy atom. The van der Waals surface area contributed by atoms with Gasteiger partial charge in [0.25, 0.3) is 0 Å². The third-order valence-corrected chi connectivity index (χ3v) is 6.15. The summed E-state index contributed by atoms with van der Waals surface area (Å²) in [6, 6.07) is 7.37. The average Bonchev–Trinajstić information content (AvgIpc) is 3.13. The molecule has 0 aliphatic rings. The molecule has 0 aliphatic heterocycles. The first-order chi connectivity index (χ1) is 15.6. The third-order valence-electron chi connectivity index (χ3n) is 5.17. The fraction of sp³-hybridized carbons (Fsp3) is 0.577. The van der Waals surface area contributed by atoms with E-state index >= 15 is 0 Å². The van der Waals surface area contributed by atoms with Crippen LogP contribution in [-0.4, -0.2) is 39.7 Å². The molecule has 182 valence electrons. The lowest BCUT2D eigenvalue weighted by molar-refractivity contribution is -0.144. The van der Waals surface area contributed by atoms with Gasteiger partial charge in [-0.25, -0.2) is 4.79 Å². The van der Waals surface area contributed by atoms with Gasteiger partial charge in [-0.15, -0.1) is 11.8 Å². The van der Waals surface area contributed by atoms with E-state index in [-0.39, 0.29) is 11.9 Å². The molecule has 2 rings (SSSR count). The highest BCUT2D eigenvalue weighted by Crippen LogP contribution is 2.31. The number of unbranched alkanes of at least 4 members (excludes halogenated alkanes) is 1. The van der Waals surface area contributed by atoms with Gasteiger partial charge < -0.3 is 9.47 Å². The Balaban J connectivity index is 1.97. The molecule has 33 heavy (non-hydrogen) atoms. The SMILES string of the molecule is CCCCC(CC)COC(=O)CCSc1nn(C)cc1-c1cccc(C(=O)OC(C)(C)C)c1. The summed E-state index contributed by atoms with van der Waals surface area (Å²) in [4.78, 5) is 24.7. The van der Waals surface area contributed by atoms with Crippen LogP contribution in [0.15, 0.2) is 35.5 Å². The first kappa shape index (κ1) is 27.0. The van der Waals surface area contributed by atoms with Crippen molar-refractivity contribution < 1.29 is 19.1 Å². The Kier molecular flexibility index (Phi) is 10.5. The fourth-order valence-corrected chi connectivity index (χ4v) is 4.31. The van der Waals surface area contributed by atoms with E-state index in [0.717, 1.165) is 35.4 Å². The molecule has 0 bridgehead atoms. The number of rotatable bonds is 12. The maximum absolute atomic E-state index is 12.5. The van der Waals surface area contributed by atoms with E-state index in [1.165, 1.54) is 18.2 Å². The van der Waals surface area contributed by atoms with Crippen molar-refractivity contribution in [2.24, 2.45) is 13.0 Å². The monoisotopic (exact) mass is 474 g/mol. The van der Waals surface area contributed by atoms with Crippen molar-refractivity contribution in [2.45, 2.75) is 77.3 Å². The molecule has 0 amide bonds. The molecule has 1 aromatic carbocycles. The summed E-state index contributed by atoms with van der Waals surface area (Å²) >= 11 is 1.52. The normalized spacial score (nSPS) is 12.4. The van der Waals surface area contributed by atoms with Crippen LogP contribution in [0.25, 0.3) is 11.1 Å². The number of aromatic nitrogens is 2. The van der Waals surface area contributed by atoms with E-state index in [2.05, 4.69) is 18.9 Å². The topological polar surface area (TPSA) is 70.4 Å². The van der Waals surface area contributed by atoms with Gasteiger partial charge in [0.2, 0.25) is 0 Å². The minimum atomic E-state index is -0.551. The lowest BCUT2D eigenvalue weighted by atomic mass is 10.0. The standard InChI is InChI=1S/C26H38N2O4S/c1-7-9-11-19(8-2)18-31-23(29)14-15-33-24-22(17-28(6)27-24)20-12-10-13-21(16-20)25(30)32-26(3,4)5/h10,12-13,16-17,19H,7-9,11,14-15,18H2,1-6H3. The molecule has 0 aliphatic carbocycles. The number of aryl methyl sites for hydroxylation is 1. The largest absolute Gasteiger partial charge is 0.465 e. The zero-order chi connectivity index (χ0) is 24.4. The molecular formula is C26H38N2O4S. The van der Waals surface area contributed by atoms with Crippen LogP contribution in [0.5, 0.6) is 0 Å². The van der Waals surface area contributed by atoms with Gasteiger partial charge in [0.1, 0.15) is 10.6 Å². The second-order valence-electron chi connectivity index (χ2n) is 9.30. The Hall–Kier alpha value is -2.28. The van der Waals surface area contributed by atoms with Gasteiger partial charge in [0, 0.05) is 24.6 Å². The first-order valence-electron chi connectivity index (χ1n) is 11.8. The highest BCUT2D eigenvalue weighted by Gasteiger charge is 2.19. The van der Waals surface area contributed by atoms with E-state index in [0.29, 0.717) is 30.3 Å². The molecule has 0 radical (unpaired) electrons. The van der Waals surface area contributed by atoms with Crippen LogP contribution in [-0.2, 0) is 21.3 Å². The third kappa shape index (κ3) is 9.24. The Morgan fingerprint density at radius 1 is 1.21 bits per heavy atom. The Bertz CT molecular complexity index is 917. The number of nitrogens with zero attached hydrogens (tertiary/aromatic N) is 2. The summed E-state index contributed by atoms with van der Waals surface area (Å²) in [7, 11) is 1.86. The predicted molar refractivity (Wildman–Crippen MR) is 133 cm³/mol. The van der Waals surface area contributed by atoms with Crippen molar-refractivity contribution in [1.82, 2.24) is 9.78 Å². The number of thioether (sulfide) groups is 1. The maximum atomic E-state index is 12.5. The van der Waals surface area contributed by atoms with E-state index in [1.807, 2.05) is 52.2 Å². The fourth-order valence-electron chi connectivity index (χ4n) is 3.34. The number of carbonyl (C=O) groups is 2. The molecule has 7 heteroatoms. The van der Waals surface area contributed by atoms with E-state index in [9.17, 15) is 9.59 Å². The number of hydrogen-bond acceptors (Lipinski definition) is 6. The molecule has 1 unspecified atom stereocenters. The van der Waals surface area contributed by atoms with Gasteiger partial charge in [-0.3, -0.25) is 9.48 Å². The number of hydrogen-bond donors (Lipinski definition) is 0. The molecule has 0 N–H and O–H groups in total. The second kappa shape index (κ2) is 12.8. The van der Waals surface area contributed by atoms with Crippen LogP contribution >= 0.6 is 11.8 Å². The van der Waals surface area contributed by atoms with Crippen LogP contribution in [0, 0.1) is 5.92 Å². The van der Waals surface area contributed by atoms with Gasteiger partial charge in [-0.1, -0.05) is 45.2 Å². The zero-order valence-corrected chi connectivity index (χ0v) is 21.7. The second-order valence-corrected chi connectivity index (χ2v) is 10.4. The molecule has 0 fully saturated rings. The van der Waals surface area contributed by atoms with Crippen molar-refractivity contribution in [1.29, 1.82) is 0 Å². The zero-order valence-electron chi connectivity index (χ0n) is 20.8. The van der Waals surface area contributed by atoms with Crippen molar-refractivity contribution in [2.75, 3.05) is 12.4 Å². The summed E-state index contributed by atoms with van der Waals surface area (Å²) < 4.78 is 12.7. The minimum absolute atomic E-state index is 0.165. The number of esters is 2. The Labute approximate surface area is 202 Å². The molecular weight excluding hydrogens is 436 g/mol. The first-order valence-corrected chi connectivity index (χ1v) is 12.8. The lowest BCUT2D eigenvalue weighted by Gasteiger charge is -2.19. The average molecular weight is 475 g/mol. The summed E-state index contributed by atoms with van der Waals surface area (Å²) in [6.07, 6.45) is 6.73. The molecule has 0 saturated heterocycles. The molecule has 1 atom stereocenters. The highest BCUT2D eigenvalue weighted by molar-refractivity contribution is 7.99. The minimum Gasteiger partial charge on any atom is -0.465 e. The summed E-state index contributed by atoms with van der Waals surface area (Å²) in [6.45, 7) is 10.4. The van der Waals surface area contributed by atoms with Crippen LogP contribution in [0.1, 0.15) is 77.1 Å². The van der Waals surface area contributed by atoms with E-state index in [4.69, 9.17) is 9.47 Å². The molecule has 0 saturated carbocycles. The van der Waals surface area contributed by atoms with Crippen molar-refractivity contribution in [3.8, 4) is 11.1 Å². The van der Waals surface area contributed by atoms with Crippen LogP contribution in [0.2, 0.25) is 0 Å². The van der Waals surface area contributed by atoms with Crippen molar-refractivity contribution in [3.05, 3.63) is 36.0 Å². The van der Waals surface area contributed by atoms with Crippen molar-refractivity contribution in [3.63, 3.8) is 0 Å². The maximum Gasteiger partial charge on any atom is 0.338 e. The number of benzene rings is 1. The molecule has 1 heterocycles. The Morgan fingerprint density at radius 3 is 2.64 bits per heavy atom. The lowest BCUT2D eigenvalue weighted by Crippen LogP contribution is -2.23. The molecule has 1 aromatic heterocycles. The number of ether oxygens (including phenoxy) is 2. The van der Waals surface area contributed by atoms with Gasteiger partial charge in [0.05, 0.1) is 18.6 Å². The van der Waals surface area contributed by atoms with E-state index < -0.39 is 5.60 Å². The van der Waals surface area contributed by atoms with E-state index in [1.54, 1.807) is 10.7 Å².